The Morgan fingerprint density at radius 1 is 1.35 bits per heavy atom. The number of allylic oxidation sites excluding steroid dienone is 4. The molecule has 0 aliphatic carbocycles. The van der Waals surface area contributed by atoms with Crippen molar-refractivity contribution in [2.75, 3.05) is 20.3 Å². The Bertz CT molecular complexity index is 766. The standard InChI is InChI=1S/C22H28O4/c1-7-25-21(23)12-15(2)8-10-18-16(3)22(4,5)14-26-20-11-9-17(24-6)13-19(18)20/h8-13H,7,14H2,1-6H3/b10-8+,15-12+. The van der Waals surface area contributed by atoms with E-state index in [1.54, 1.807) is 14.0 Å². The van der Waals surface area contributed by atoms with Crippen LogP contribution in [0.1, 0.15) is 40.2 Å². The normalized spacial score (nSPS) is 16.8. The van der Waals surface area contributed by atoms with Crippen LogP contribution in [-0.2, 0) is 9.53 Å². The number of rotatable bonds is 5. The van der Waals surface area contributed by atoms with Crippen LogP contribution in [0.2, 0.25) is 0 Å². The average molecular weight is 356 g/mol. The van der Waals surface area contributed by atoms with E-state index >= 15 is 0 Å². The van der Waals surface area contributed by atoms with E-state index < -0.39 is 0 Å². The maximum absolute atomic E-state index is 11.6. The van der Waals surface area contributed by atoms with Gasteiger partial charge in [0.25, 0.3) is 0 Å². The minimum Gasteiger partial charge on any atom is -0.497 e. The van der Waals surface area contributed by atoms with E-state index in [0.29, 0.717) is 13.2 Å². The van der Waals surface area contributed by atoms with Crippen molar-refractivity contribution in [2.45, 2.75) is 34.6 Å². The first kappa shape index (κ1) is 19.8. The molecule has 4 heteroatoms. The highest BCUT2D eigenvalue weighted by Gasteiger charge is 2.28. The molecule has 140 valence electrons. The monoisotopic (exact) mass is 356 g/mol. The molecule has 1 aliphatic rings. The van der Waals surface area contributed by atoms with Crippen LogP contribution in [0.5, 0.6) is 11.5 Å². The molecule has 1 aliphatic heterocycles. The Morgan fingerprint density at radius 2 is 2.08 bits per heavy atom. The number of hydrogen-bond acceptors (Lipinski definition) is 4. The Morgan fingerprint density at radius 3 is 2.73 bits per heavy atom. The van der Waals surface area contributed by atoms with Gasteiger partial charge in [0.05, 0.1) is 20.3 Å². The zero-order valence-electron chi connectivity index (χ0n) is 16.5. The second-order valence-corrected chi connectivity index (χ2v) is 7.05. The summed E-state index contributed by atoms with van der Waals surface area (Å²) in [5.41, 5.74) is 4.02. The molecule has 0 spiro atoms. The summed E-state index contributed by atoms with van der Waals surface area (Å²) in [4.78, 5) is 11.6. The molecule has 1 aromatic rings. The Labute approximate surface area is 156 Å². The van der Waals surface area contributed by atoms with E-state index in [4.69, 9.17) is 14.2 Å². The van der Waals surface area contributed by atoms with Gasteiger partial charge in [-0.15, -0.1) is 0 Å². The van der Waals surface area contributed by atoms with Crippen LogP contribution in [0.25, 0.3) is 5.57 Å². The summed E-state index contributed by atoms with van der Waals surface area (Å²) in [7, 11) is 1.65. The van der Waals surface area contributed by atoms with Gasteiger partial charge in [0, 0.05) is 17.1 Å². The lowest BCUT2D eigenvalue weighted by Crippen LogP contribution is -2.21. The number of fused-ring (bicyclic) bond motifs is 1. The maximum Gasteiger partial charge on any atom is 0.330 e. The summed E-state index contributed by atoms with van der Waals surface area (Å²) in [5, 5.41) is 0. The molecule has 0 aromatic heterocycles. The lowest BCUT2D eigenvalue weighted by atomic mass is 9.82. The minimum absolute atomic E-state index is 0.106. The number of benzene rings is 1. The molecule has 26 heavy (non-hydrogen) atoms. The fourth-order valence-electron chi connectivity index (χ4n) is 2.75. The molecule has 0 unspecified atom stereocenters. The zero-order chi connectivity index (χ0) is 19.3. The fourth-order valence-corrected chi connectivity index (χ4v) is 2.75. The first-order chi connectivity index (χ1) is 12.3. The van der Waals surface area contributed by atoms with Gasteiger partial charge < -0.3 is 14.2 Å². The Kier molecular flexibility index (Phi) is 6.30. The van der Waals surface area contributed by atoms with E-state index in [-0.39, 0.29) is 11.4 Å². The van der Waals surface area contributed by atoms with Gasteiger partial charge in [0.1, 0.15) is 11.5 Å². The van der Waals surface area contributed by atoms with Crippen molar-refractivity contribution in [3.8, 4) is 11.5 Å². The molecule has 0 amide bonds. The zero-order valence-corrected chi connectivity index (χ0v) is 16.5. The van der Waals surface area contributed by atoms with Crippen LogP contribution in [0.4, 0.5) is 0 Å². The van der Waals surface area contributed by atoms with Crippen molar-refractivity contribution >= 4 is 11.5 Å². The largest absolute Gasteiger partial charge is 0.497 e. The fraction of sp³-hybridized carbons (Fsp3) is 0.409. The van der Waals surface area contributed by atoms with Gasteiger partial charge in [-0.2, -0.15) is 0 Å². The summed E-state index contributed by atoms with van der Waals surface area (Å²) >= 11 is 0. The molecule has 0 radical (unpaired) electrons. The van der Waals surface area contributed by atoms with Crippen molar-refractivity contribution < 1.29 is 19.0 Å². The molecule has 2 rings (SSSR count). The number of esters is 1. The van der Waals surface area contributed by atoms with Gasteiger partial charge in [-0.3, -0.25) is 0 Å². The predicted molar refractivity (Wildman–Crippen MR) is 104 cm³/mol. The van der Waals surface area contributed by atoms with Gasteiger partial charge in [0.2, 0.25) is 0 Å². The van der Waals surface area contributed by atoms with Crippen LogP contribution in [-0.4, -0.2) is 26.3 Å². The van der Waals surface area contributed by atoms with Gasteiger partial charge in [-0.25, -0.2) is 4.79 Å². The van der Waals surface area contributed by atoms with Gasteiger partial charge in [-0.05, 0) is 50.1 Å². The summed E-state index contributed by atoms with van der Waals surface area (Å²) in [6.07, 6.45) is 5.47. The maximum atomic E-state index is 11.6. The van der Waals surface area contributed by atoms with E-state index in [9.17, 15) is 4.79 Å². The Balaban J connectivity index is 2.49. The van der Waals surface area contributed by atoms with Crippen LogP contribution >= 0.6 is 0 Å². The van der Waals surface area contributed by atoms with Gasteiger partial charge >= 0.3 is 5.97 Å². The van der Waals surface area contributed by atoms with Crippen LogP contribution in [0.15, 0.2) is 47.6 Å². The highest BCUT2D eigenvalue weighted by molar-refractivity contribution is 5.85. The SMILES string of the molecule is CCOC(=O)/C=C(C)/C=C/C1=C(C)C(C)(C)COc2ccc(OC)cc21. The molecule has 1 aromatic carbocycles. The van der Waals surface area contributed by atoms with Crippen molar-refractivity contribution in [3.63, 3.8) is 0 Å². The first-order valence-electron chi connectivity index (χ1n) is 8.84. The average Bonchev–Trinajstić information content (AvgIpc) is 2.68. The highest BCUT2D eigenvalue weighted by atomic mass is 16.5. The third-order valence-corrected chi connectivity index (χ3v) is 4.63. The third-order valence-electron chi connectivity index (χ3n) is 4.63. The van der Waals surface area contributed by atoms with Crippen molar-refractivity contribution in [1.82, 2.24) is 0 Å². The van der Waals surface area contributed by atoms with Gasteiger partial charge in [-0.1, -0.05) is 31.6 Å². The first-order valence-corrected chi connectivity index (χ1v) is 8.84. The summed E-state index contributed by atoms with van der Waals surface area (Å²) < 4.78 is 16.4. The smallest absolute Gasteiger partial charge is 0.330 e. The number of hydrogen-bond donors (Lipinski definition) is 0. The molecule has 0 atom stereocenters. The van der Waals surface area contributed by atoms with E-state index in [1.807, 2.05) is 37.3 Å². The van der Waals surface area contributed by atoms with Crippen molar-refractivity contribution in [3.05, 3.63) is 53.1 Å². The second-order valence-electron chi connectivity index (χ2n) is 7.05. The predicted octanol–water partition coefficient (Wildman–Crippen LogP) is 4.95. The Hall–Kier alpha value is -2.49. The third kappa shape index (κ3) is 4.57. The molecule has 0 saturated carbocycles. The van der Waals surface area contributed by atoms with Crippen molar-refractivity contribution in [2.24, 2.45) is 5.41 Å². The van der Waals surface area contributed by atoms with Crippen molar-refractivity contribution in [1.29, 1.82) is 0 Å². The number of carbonyl (C=O) groups excluding carboxylic acids is 1. The highest BCUT2D eigenvalue weighted by Crippen LogP contribution is 2.42. The van der Waals surface area contributed by atoms with Crippen LogP contribution < -0.4 is 9.47 Å². The lowest BCUT2D eigenvalue weighted by Gasteiger charge is -2.24. The van der Waals surface area contributed by atoms with Gasteiger partial charge in [0.15, 0.2) is 0 Å². The molecule has 0 fully saturated rings. The van der Waals surface area contributed by atoms with Crippen LogP contribution in [0, 0.1) is 5.41 Å². The molecular weight excluding hydrogens is 328 g/mol. The lowest BCUT2D eigenvalue weighted by molar-refractivity contribution is -0.137. The summed E-state index contributed by atoms with van der Waals surface area (Å²) in [6.45, 7) is 11.1. The van der Waals surface area contributed by atoms with E-state index in [2.05, 4.69) is 20.8 Å². The molecule has 0 N–H and O–H groups in total. The molecule has 1 heterocycles. The molecule has 0 saturated heterocycles. The van der Waals surface area contributed by atoms with E-state index in [0.717, 1.165) is 28.2 Å². The second kappa shape index (κ2) is 8.26. The number of ether oxygens (including phenoxy) is 3. The molecule has 4 nitrogen and oxygen atoms in total. The van der Waals surface area contributed by atoms with E-state index in [1.165, 1.54) is 11.6 Å². The summed E-state index contributed by atoms with van der Waals surface area (Å²) in [6, 6.07) is 5.84. The quantitative estimate of drug-likeness (QED) is 0.425. The molecule has 0 bridgehead atoms. The number of carbonyl (C=O) groups is 1. The molecular formula is C22H28O4. The topological polar surface area (TPSA) is 44.8 Å². The van der Waals surface area contributed by atoms with Crippen LogP contribution in [0.3, 0.4) is 0 Å². The minimum atomic E-state index is -0.327. The number of methoxy groups -OCH3 is 1. The summed E-state index contributed by atoms with van der Waals surface area (Å²) in [5.74, 6) is 1.29.